The zero-order chi connectivity index (χ0) is 15.5. The molecule has 0 aliphatic carbocycles. The van der Waals surface area contributed by atoms with Crippen LogP contribution >= 0.6 is 0 Å². The van der Waals surface area contributed by atoms with E-state index in [0.29, 0.717) is 0 Å². The average Bonchev–Trinajstić information content (AvgIpc) is 3.14. The van der Waals surface area contributed by atoms with E-state index in [2.05, 4.69) is 58.3 Å². The Hall–Kier alpha value is -2.47. The third-order valence-electron chi connectivity index (χ3n) is 3.85. The molecule has 6 nitrogen and oxygen atoms in total. The van der Waals surface area contributed by atoms with Crippen LogP contribution in [0.4, 0.5) is 0 Å². The molecule has 1 aromatic carbocycles. The molecule has 0 saturated heterocycles. The molecular weight excluding hydrogens is 276 g/mol. The van der Waals surface area contributed by atoms with Crippen molar-refractivity contribution in [3.8, 4) is 5.69 Å². The zero-order valence-electron chi connectivity index (χ0n) is 13.1. The van der Waals surface area contributed by atoms with Crippen molar-refractivity contribution >= 4 is 0 Å². The summed E-state index contributed by atoms with van der Waals surface area (Å²) >= 11 is 0. The Morgan fingerprint density at radius 2 is 1.86 bits per heavy atom. The summed E-state index contributed by atoms with van der Waals surface area (Å²) in [7, 11) is 4.10. The lowest BCUT2D eigenvalue weighted by atomic mass is 10.2. The van der Waals surface area contributed by atoms with Crippen LogP contribution in [0, 0.1) is 6.92 Å². The number of nitrogens with zero attached hydrogens (tertiary/aromatic N) is 6. The topological polar surface area (TPSA) is 51.8 Å². The standard InChI is InChI=1S/C16H20N6/c1-13-15(8-18-21(13)3)10-20(2)9-14-4-6-16(7-5-14)22-12-17-11-19-22/h4-8,11-12H,9-10H2,1-3H3. The number of rotatable bonds is 5. The van der Waals surface area contributed by atoms with Gasteiger partial charge in [0.05, 0.1) is 11.9 Å². The Morgan fingerprint density at radius 3 is 2.45 bits per heavy atom. The molecule has 114 valence electrons. The molecule has 6 heteroatoms. The van der Waals surface area contributed by atoms with E-state index in [4.69, 9.17) is 0 Å². The Kier molecular flexibility index (Phi) is 4.02. The van der Waals surface area contributed by atoms with E-state index in [1.54, 1.807) is 11.0 Å². The summed E-state index contributed by atoms with van der Waals surface area (Å²) in [5.41, 5.74) is 4.78. The van der Waals surface area contributed by atoms with Crippen LogP contribution in [0.25, 0.3) is 5.69 Å². The van der Waals surface area contributed by atoms with Gasteiger partial charge in [-0.25, -0.2) is 9.67 Å². The molecule has 0 unspecified atom stereocenters. The van der Waals surface area contributed by atoms with Crippen LogP contribution in [0.15, 0.2) is 43.1 Å². The molecule has 2 aromatic heterocycles. The van der Waals surface area contributed by atoms with Crippen LogP contribution in [0.5, 0.6) is 0 Å². The van der Waals surface area contributed by atoms with E-state index in [9.17, 15) is 0 Å². The van der Waals surface area contributed by atoms with Gasteiger partial charge in [0, 0.05) is 31.4 Å². The number of aryl methyl sites for hydroxylation is 1. The summed E-state index contributed by atoms with van der Waals surface area (Å²) in [6, 6.07) is 8.38. The minimum atomic E-state index is 0.893. The molecule has 0 amide bonds. The summed E-state index contributed by atoms with van der Waals surface area (Å²) in [5, 5.41) is 8.42. The van der Waals surface area contributed by atoms with Gasteiger partial charge in [0.1, 0.15) is 12.7 Å². The van der Waals surface area contributed by atoms with Crippen LogP contribution < -0.4 is 0 Å². The van der Waals surface area contributed by atoms with E-state index < -0.39 is 0 Å². The van der Waals surface area contributed by atoms with Crippen molar-refractivity contribution in [1.29, 1.82) is 0 Å². The lowest BCUT2D eigenvalue weighted by Gasteiger charge is -2.16. The molecule has 0 aliphatic heterocycles. The SMILES string of the molecule is Cc1c(CN(C)Cc2ccc(-n3cncn3)cc2)cnn1C. The van der Waals surface area contributed by atoms with Crippen molar-refractivity contribution in [2.24, 2.45) is 7.05 Å². The molecule has 3 aromatic rings. The lowest BCUT2D eigenvalue weighted by molar-refractivity contribution is 0.318. The molecular formula is C16H20N6. The van der Waals surface area contributed by atoms with Crippen molar-refractivity contribution in [3.05, 3.63) is 59.9 Å². The maximum atomic E-state index is 4.29. The molecule has 0 radical (unpaired) electrons. The van der Waals surface area contributed by atoms with Crippen LogP contribution in [0.3, 0.4) is 0 Å². The molecule has 3 rings (SSSR count). The highest BCUT2D eigenvalue weighted by Gasteiger charge is 2.08. The predicted molar refractivity (Wildman–Crippen MR) is 84.5 cm³/mol. The highest BCUT2D eigenvalue weighted by Crippen LogP contribution is 2.13. The van der Waals surface area contributed by atoms with Gasteiger partial charge in [0.25, 0.3) is 0 Å². The van der Waals surface area contributed by atoms with Gasteiger partial charge >= 0.3 is 0 Å². The fourth-order valence-corrected chi connectivity index (χ4v) is 2.45. The van der Waals surface area contributed by atoms with Gasteiger partial charge in [-0.2, -0.15) is 10.2 Å². The first kappa shape index (κ1) is 14.5. The molecule has 0 atom stereocenters. The molecule has 0 N–H and O–H groups in total. The monoisotopic (exact) mass is 296 g/mol. The molecule has 22 heavy (non-hydrogen) atoms. The van der Waals surface area contributed by atoms with E-state index in [1.165, 1.54) is 23.1 Å². The molecule has 0 bridgehead atoms. The first-order valence-corrected chi connectivity index (χ1v) is 7.23. The molecule has 0 saturated carbocycles. The maximum absolute atomic E-state index is 4.29. The smallest absolute Gasteiger partial charge is 0.138 e. The predicted octanol–water partition coefficient (Wildman–Crippen LogP) is 1.94. The fraction of sp³-hybridized carbons (Fsp3) is 0.312. The van der Waals surface area contributed by atoms with Gasteiger partial charge in [-0.15, -0.1) is 0 Å². The van der Waals surface area contributed by atoms with Gasteiger partial charge in [-0.1, -0.05) is 12.1 Å². The van der Waals surface area contributed by atoms with Gasteiger partial charge in [-0.3, -0.25) is 9.58 Å². The van der Waals surface area contributed by atoms with Gasteiger partial charge in [0.15, 0.2) is 0 Å². The third-order valence-corrected chi connectivity index (χ3v) is 3.85. The maximum Gasteiger partial charge on any atom is 0.138 e. The Bertz CT molecular complexity index is 727. The number of aromatic nitrogens is 5. The largest absolute Gasteiger partial charge is 0.298 e. The Labute approximate surface area is 130 Å². The minimum absolute atomic E-state index is 0.893. The zero-order valence-corrected chi connectivity index (χ0v) is 13.1. The van der Waals surface area contributed by atoms with E-state index >= 15 is 0 Å². The molecule has 2 heterocycles. The highest BCUT2D eigenvalue weighted by molar-refractivity contribution is 5.33. The van der Waals surface area contributed by atoms with Crippen molar-refractivity contribution in [1.82, 2.24) is 29.4 Å². The molecule has 0 aliphatic rings. The number of hydrogen-bond acceptors (Lipinski definition) is 4. The first-order valence-electron chi connectivity index (χ1n) is 7.23. The van der Waals surface area contributed by atoms with Crippen LogP contribution in [0.1, 0.15) is 16.8 Å². The second-order valence-electron chi connectivity index (χ2n) is 5.56. The van der Waals surface area contributed by atoms with E-state index in [1.807, 2.05) is 17.9 Å². The van der Waals surface area contributed by atoms with Crippen LogP contribution in [0.2, 0.25) is 0 Å². The first-order chi connectivity index (χ1) is 10.6. The van der Waals surface area contributed by atoms with E-state index in [0.717, 1.165) is 18.8 Å². The second-order valence-corrected chi connectivity index (χ2v) is 5.56. The van der Waals surface area contributed by atoms with E-state index in [-0.39, 0.29) is 0 Å². The quantitative estimate of drug-likeness (QED) is 0.722. The van der Waals surface area contributed by atoms with Crippen molar-refractivity contribution < 1.29 is 0 Å². The highest BCUT2D eigenvalue weighted by atomic mass is 15.3. The summed E-state index contributed by atoms with van der Waals surface area (Å²) < 4.78 is 3.67. The fourth-order valence-electron chi connectivity index (χ4n) is 2.45. The number of hydrogen-bond donors (Lipinski definition) is 0. The van der Waals surface area contributed by atoms with Crippen LogP contribution in [-0.2, 0) is 20.1 Å². The summed E-state index contributed by atoms with van der Waals surface area (Å²) in [4.78, 5) is 6.25. The summed E-state index contributed by atoms with van der Waals surface area (Å²) in [6.45, 7) is 3.89. The van der Waals surface area contributed by atoms with Crippen molar-refractivity contribution in [3.63, 3.8) is 0 Å². The number of benzene rings is 1. The second kappa shape index (κ2) is 6.11. The van der Waals surface area contributed by atoms with Crippen molar-refractivity contribution in [2.45, 2.75) is 20.0 Å². The van der Waals surface area contributed by atoms with Crippen molar-refractivity contribution in [2.75, 3.05) is 7.05 Å². The van der Waals surface area contributed by atoms with Gasteiger partial charge in [0.2, 0.25) is 0 Å². The van der Waals surface area contributed by atoms with Crippen LogP contribution in [-0.4, -0.2) is 36.5 Å². The normalized spacial score (nSPS) is 11.3. The molecule has 0 spiro atoms. The Morgan fingerprint density at radius 1 is 1.09 bits per heavy atom. The Balaban J connectivity index is 1.64. The van der Waals surface area contributed by atoms with Gasteiger partial charge < -0.3 is 0 Å². The average molecular weight is 296 g/mol. The van der Waals surface area contributed by atoms with Gasteiger partial charge in [-0.05, 0) is 31.7 Å². The third kappa shape index (κ3) is 3.07. The lowest BCUT2D eigenvalue weighted by Crippen LogP contribution is -2.17. The summed E-state index contributed by atoms with van der Waals surface area (Å²) in [6.07, 6.45) is 5.18. The minimum Gasteiger partial charge on any atom is -0.298 e. The molecule has 0 fully saturated rings. The summed E-state index contributed by atoms with van der Waals surface area (Å²) in [5.74, 6) is 0.